The number of aromatic carboxylic acids is 2. The highest BCUT2D eigenvalue weighted by atomic mass is 16.4. The lowest BCUT2D eigenvalue weighted by Gasteiger charge is -2.26. The minimum atomic E-state index is -1.23. The average molecular weight is 339 g/mol. The molecular formula is C20H21NO4. The van der Waals surface area contributed by atoms with Gasteiger partial charge in [-0.05, 0) is 48.6 Å². The summed E-state index contributed by atoms with van der Waals surface area (Å²) >= 11 is 0. The van der Waals surface area contributed by atoms with Crippen molar-refractivity contribution in [1.82, 2.24) is 0 Å². The number of carboxylic acid groups (broad SMARTS) is 2. The maximum Gasteiger partial charge on any atom is 0.336 e. The number of anilines is 1. The Hall–Kier alpha value is -2.82. The molecule has 2 aromatic rings. The average Bonchev–Trinajstić information content (AvgIpc) is 2.73. The van der Waals surface area contributed by atoms with Crippen LogP contribution in [0.4, 0.5) is 5.69 Å². The molecule has 0 spiro atoms. The highest BCUT2D eigenvalue weighted by Gasteiger charge is 2.23. The Labute approximate surface area is 146 Å². The molecule has 0 saturated carbocycles. The molecule has 1 atom stereocenters. The van der Waals surface area contributed by atoms with E-state index in [2.05, 4.69) is 36.9 Å². The number of carboxylic acids is 2. The summed E-state index contributed by atoms with van der Waals surface area (Å²) in [6, 6.07) is 11.1. The van der Waals surface area contributed by atoms with Crippen LogP contribution in [0.1, 0.15) is 50.2 Å². The molecule has 0 radical (unpaired) electrons. The van der Waals surface area contributed by atoms with Crippen LogP contribution in [0.3, 0.4) is 0 Å². The fourth-order valence-electron chi connectivity index (χ4n) is 3.50. The summed E-state index contributed by atoms with van der Waals surface area (Å²) in [5.41, 5.74) is 4.29. The molecule has 0 bridgehead atoms. The van der Waals surface area contributed by atoms with Crippen molar-refractivity contribution < 1.29 is 19.8 Å². The molecule has 2 N–H and O–H groups in total. The molecule has 0 amide bonds. The standard InChI is InChI=1S/C20H21NO4/c1-12-3-4-14-7-8-21(11-13(2)17(14)9-12)15-5-6-16(19(22)23)18(10-15)20(24)25/h3-6,9-10,13H,7-8,11H2,1-2H3,(H,22,23)(H,24,25)/t13-/m0/s1. The highest BCUT2D eigenvalue weighted by Crippen LogP contribution is 2.30. The van der Waals surface area contributed by atoms with Crippen molar-refractivity contribution in [2.45, 2.75) is 26.2 Å². The van der Waals surface area contributed by atoms with Crippen LogP contribution < -0.4 is 4.90 Å². The number of aryl methyl sites for hydroxylation is 1. The second-order valence-corrected chi connectivity index (χ2v) is 6.64. The van der Waals surface area contributed by atoms with Crippen LogP contribution in [0.5, 0.6) is 0 Å². The van der Waals surface area contributed by atoms with E-state index in [9.17, 15) is 19.8 Å². The summed E-state index contributed by atoms with van der Waals surface area (Å²) in [5.74, 6) is -2.14. The van der Waals surface area contributed by atoms with Crippen molar-refractivity contribution >= 4 is 17.6 Å². The van der Waals surface area contributed by atoms with E-state index in [1.165, 1.54) is 28.8 Å². The predicted molar refractivity (Wildman–Crippen MR) is 95.9 cm³/mol. The molecule has 2 aromatic carbocycles. The monoisotopic (exact) mass is 339 g/mol. The van der Waals surface area contributed by atoms with Crippen molar-refractivity contribution in [3.63, 3.8) is 0 Å². The van der Waals surface area contributed by atoms with Gasteiger partial charge in [-0.1, -0.05) is 30.7 Å². The second-order valence-electron chi connectivity index (χ2n) is 6.64. The summed E-state index contributed by atoms with van der Waals surface area (Å²) < 4.78 is 0. The zero-order valence-electron chi connectivity index (χ0n) is 14.3. The fourth-order valence-corrected chi connectivity index (χ4v) is 3.50. The molecule has 25 heavy (non-hydrogen) atoms. The van der Waals surface area contributed by atoms with Gasteiger partial charge in [0.15, 0.2) is 0 Å². The van der Waals surface area contributed by atoms with Crippen molar-refractivity contribution in [2.24, 2.45) is 0 Å². The lowest BCUT2D eigenvalue weighted by molar-refractivity contribution is 0.0651. The van der Waals surface area contributed by atoms with E-state index in [0.29, 0.717) is 5.92 Å². The lowest BCUT2D eigenvalue weighted by atomic mass is 9.94. The Morgan fingerprint density at radius 2 is 1.76 bits per heavy atom. The number of rotatable bonds is 3. The first-order valence-electron chi connectivity index (χ1n) is 8.32. The van der Waals surface area contributed by atoms with E-state index in [1.54, 1.807) is 6.07 Å². The van der Waals surface area contributed by atoms with Crippen molar-refractivity contribution in [2.75, 3.05) is 18.0 Å². The zero-order chi connectivity index (χ0) is 18.1. The third kappa shape index (κ3) is 3.36. The maximum absolute atomic E-state index is 11.4. The minimum absolute atomic E-state index is 0.171. The van der Waals surface area contributed by atoms with E-state index < -0.39 is 11.9 Å². The Morgan fingerprint density at radius 3 is 2.44 bits per heavy atom. The molecule has 1 heterocycles. The van der Waals surface area contributed by atoms with E-state index in [4.69, 9.17) is 0 Å². The van der Waals surface area contributed by atoms with Gasteiger partial charge in [0.05, 0.1) is 11.1 Å². The van der Waals surface area contributed by atoms with Gasteiger partial charge < -0.3 is 15.1 Å². The maximum atomic E-state index is 11.4. The fraction of sp³-hybridized carbons (Fsp3) is 0.300. The van der Waals surface area contributed by atoms with Gasteiger partial charge in [0.1, 0.15) is 0 Å². The van der Waals surface area contributed by atoms with Crippen LogP contribution in [0.15, 0.2) is 36.4 Å². The first-order valence-corrected chi connectivity index (χ1v) is 8.32. The van der Waals surface area contributed by atoms with Crippen LogP contribution >= 0.6 is 0 Å². The van der Waals surface area contributed by atoms with Gasteiger partial charge in [-0.2, -0.15) is 0 Å². The number of hydrogen-bond acceptors (Lipinski definition) is 3. The Kier molecular flexibility index (Phi) is 4.49. The predicted octanol–water partition coefficient (Wildman–Crippen LogP) is 3.56. The summed E-state index contributed by atoms with van der Waals surface area (Å²) in [5, 5.41) is 18.5. The summed E-state index contributed by atoms with van der Waals surface area (Å²) in [6.45, 7) is 5.79. The number of fused-ring (bicyclic) bond motifs is 1. The third-order valence-electron chi connectivity index (χ3n) is 4.81. The molecule has 1 aliphatic heterocycles. The van der Waals surface area contributed by atoms with Crippen LogP contribution in [0.2, 0.25) is 0 Å². The van der Waals surface area contributed by atoms with Crippen LogP contribution in [0.25, 0.3) is 0 Å². The van der Waals surface area contributed by atoms with Crippen molar-refractivity contribution in [3.8, 4) is 0 Å². The highest BCUT2D eigenvalue weighted by molar-refractivity contribution is 6.02. The van der Waals surface area contributed by atoms with E-state index in [1.807, 2.05) is 0 Å². The number of hydrogen-bond donors (Lipinski definition) is 2. The van der Waals surface area contributed by atoms with Gasteiger partial charge in [0.25, 0.3) is 0 Å². The normalized spacial score (nSPS) is 16.9. The Bertz CT molecular complexity index is 844. The van der Waals surface area contributed by atoms with Crippen LogP contribution in [-0.2, 0) is 6.42 Å². The van der Waals surface area contributed by atoms with E-state index in [-0.39, 0.29) is 11.1 Å². The Morgan fingerprint density at radius 1 is 1.04 bits per heavy atom. The minimum Gasteiger partial charge on any atom is -0.478 e. The quantitative estimate of drug-likeness (QED) is 0.894. The molecular weight excluding hydrogens is 318 g/mol. The molecule has 1 aliphatic rings. The van der Waals surface area contributed by atoms with E-state index in [0.717, 1.165) is 25.2 Å². The molecule has 0 aliphatic carbocycles. The van der Waals surface area contributed by atoms with Gasteiger partial charge in [0, 0.05) is 18.8 Å². The van der Waals surface area contributed by atoms with Crippen LogP contribution in [-0.4, -0.2) is 35.2 Å². The lowest BCUT2D eigenvalue weighted by Crippen LogP contribution is -2.28. The molecule has 0 fully saturated rings. The van der Waals surface area contributed by atoms with Gasteiger partial charge in [-0.3, -0.25) is 0 Å². The largest absolute Gasteiger partial charge is 0.478 e. The molecule has 0 aromatic heterocycles. The van der Waals surface area contributed by atoms with Gasteiger partial charge in [-0.25, -0.2) is 9.59 Å². The summed E-state index contributed by atoms with van der Waals surface area (Å²) in [6.07, 6.45) is 0.878. The van der Waals surface area contributed by atoms with Gasteiger partial charge in [0.2, 0.25) is 0 Å². The SMILES string of the molecule is Cc1ccc2c(c1)[C@@H](C)CN(c1ccc(C(=O)O)c(C(=O)O)c1)CC2. The smallest absolute Gasteiger partial charge is 0.336 e. The summed E-state index contributed by atoms with van der Waals surface area (Å²) in [7, 11) is 0. The topological polar surface area (TPSA) is 77.8 Å². The molecule has 0 saturated heterocycles. The Balaban J connectivity index is 1.94. The first-order chi connectivity index (χ1) is 11.9. The summed E-state index contributed by atoms with van der Waals surface area (Å²) in [4.78, 5) is 24.8. The number of nitrogens with zero attached hydrogens (tertiary/aromatic N) is 1. The molecule has 5 nitrogen and oxygen atoms in total. The van der Waals surface area contributed by atoms with Crippen molar-refractivity contribution in [3.05, 3.63) is 64.2 Å². The molecule has 5 heteroatoms. The molecule has 130 valence electrons. The second kappa shape index (κ2) is 6.59. The number of benzene rings is 2. The van der Waals surface area contributed by atoms with Crippen molar-refractivity contribution in [1.29, 1.82) is 0 Å². The third-order valence-corrected chi connectivity index (χ3v) is 4.81. The molecule has 0 unspecified atom stereocenters. The first kappa shape index (κ1) is 17.0. The number of carbonyl (C=O) groups is 2. The van der Waals surface area contributed by atoms with Crippen LogP contribution in [0, 0.1) is 6.92 Å². The zero-order valence-corrected chi connectivity index (χ0v) is 14.3. The van der Waals surface area contributed by atoms with Gasteiger partial charge in [-0.15, -0.1) is 0 Å². The molecule has 3 rings (SSSR count). The van der Waals surface area contributed by atoms with Gasteiger partial charge >= 0.3 is 11.9 Å². The van der Waals surface area contributed by atoms with E-state index >= 15 is 0 Å².